The molecule has 0 aliphatic carbocycles. The Kier molecular flexibility index (Phi) is 4.59. The van der Waals surface area contributed by atoms with Gasteiger partial charge in [0.2, 0.25) is 0 Å². The molecule has 1 aromatic rings. The molecule has 1 atom stereocenters. The van der Waals surface area contributed by atoms with Crippen molar-refractivity contribution in [2.75, 3.05) is 26.2 Å². The van der Waals surface area contributed by atoms with Crippen LogP contribution in [0.25, 0.3) is 0 Å². The number of likely N-dealkylation sites (tertiary alicyclic amines) is 1. The van der Waals surface area contributed by atoms with E-state index in [1.165, 1.54) is 0 Å². The summed E-state index contributed by atoms with van der Waals surface area (Å²) in [5.74, 6) is 0. The second kappa shape index (κ2) is 6.14. The van der Waals surface area contributed by atoms with Crippen LogP contribution < -0.4 is 0 Å². The van der Waals surface area contributed by atoms with Gasteiger partial charge in [-0.3, -0.25) is 4.90 Å². The monoisotopic (exact) mass is 350 g/mol. The van der Waals surface area contributed by atoms with Gasteiger partial charge in [0.15, 0.2) is 0 Å². The summed E-state index contributed by atoms with van der Waals surface area (Å²) in [7, 11) is -3.40. The summed E-state index contributed by atoms with van der Waals surface area (Å²) in [5, 5.41) is 9.60. The highest BCUT2D eigenvalue weighted by molar-refractivity contribution is 7.91. The molecule has 1 N–H and O–H groups in total. The fourth-order valence-electron chi connectivity index (χ4n) is 3.11. The lowest BCUT2D eigenvalue weighted by Crippen LogP contribution is -2.46. The van der Waals surface area contributed by atoms with Crippen molar-refractivity contribution >= 4 is 33.0 Å². The van der Waals surface area contributed by atoms with Gasteiger partial charge in [0, 0.05) is 32.2 Å². The third-order valence-electron chi connectivity index (χ3n) is 4.28. The second-order valence-electron chi connectivity index (χ2n) is 5.63. The van der Waals surface area contributed by atoms with E-state index in [-0.39, 0.29) is 6.10 Å². The van der Waals surface area contributed by atoms with Crippen LogP contribution in [0.4, 0.5) is 0 Å². The molecule has 3 heterocycles. The number of hydrogen-bond acceptors (Lipinski definition) is 5. The van der Waals surface area contributed by atoms with Crippen molar-refractivity contribution in [3.63, 3.8) is 0 Å². The molecule has 0 aromatic carbocycles. The third kappa shape index (κ3) is 3.28. The molecule has 2 aliphatic heterocycles. The molecule has 118 valence electrons. The highest BCUT2D eigenvalue weighted by Crippen LogP contribution is 2.30. The Morgan fingerprint density at radius 2 is 1.90 bits per heavy atom. The molecule has 0 bridgehead atoms. The fraction of sp³-hybridized carbons (Fsp3) is 0.692. The van der Waals surface area contributed by atoms with Gasteiger partial charge in [0.25, 0.3) is 10.0 Å². The zero-order valence-corrected chi connectivity index (χ0v) is 14.0. The normalized spacial score (nSPS) is 26.5. The molecule has 2 saturated heterocycles. The largest absolute Gasteiger partial charge is 0.392 e. The molecular formula is C13H19ClN2O3S2. The van der Waals surface area contributed by atoms with E-state index in [2.05, 4.69) is 4.90 Å². The molecule has 1 aromatic heterocycles. The summed E-state index contributed by atoms with van der Waals surface area (Å²) in [5.41, 5.74) is 0. The second-order valence-corrected chi connectivity index (χ2v) is 9.51. The lowest BCUT2D eigenvalue weighted by atomic mass is 10.1. The first-order chi connectivity index (χ1) is 9.96. The summed E-state index contributed by atoms with van der Waals surface area (Å²) in [6.45, 7) is 2.71. The van der Waals surface area contributed by atoms with Crippen molar-refractivity contribution in [1.82, 2.24) is 9.21 Å². The minimum Gasteiger partial charge on any atom is -0.392 e. The molecule has 2 aliphatic rings. The number of rotatable bonds is 3. The van der Waals surface area contributed by atoms with E-state index in [1.54, 1.807) is 16.4 Å². The van der Waals surface area contributed by atoms with Crippen molar-refractivity contribution in [3.8, 4) is 0 Å². The van der Waals surface area contributed by atoms with Gasteiger partial charge in [-0.1, -0.05) is 11.6 Å². The average molecular weight is 351 g/mol. The van der Waals surface area contributed by atoms with E-state index < -0.39 is 10.0 Å². The Morgan fingerprint density at radius 1 is 1.19 bits per heavy atom. The molecule has 21 heavy (non-hydrogen) atoms. The minimum atomic E-state index is -3.40. The number of nitrogens with zero attached hydrogens (tertiary/aromatic N) is 2. The van der Waals surface area contributed by atoms with Crippen molar-refractivity contribution in [3.05, 3.63) is 16.5 Å². The number of hydrogen-bond donors (Lipinski definition) is 1. The zero-order valence-electron chi connectivity index (χ0n) is 11.6. The van der Waals surface area contributed by atoms with Crippen LogP contribution in [0, 0.1) is 0 Å². The molecule has 0 unspecified atom stereocenters. The van der Waals surface area contributed by atoms with Crippen LogP contribution in [0.15, 0.2) is 16.3 Å². The van der Waals surface area contributed by atoms with Gasteiger partial charge in [-0.05, 0) is 31.4 Å². The van der Waals surface area contributed by atoms with E-state index in [0.717, 1.165) is 43.7 Å². The molecule has 0 amide bonds. The van der Waals surface area contributed by atoms with E-state index in [1.807, 2.05) is 0 Å². The first-order valence-electron chi connectivity index (χ1n) is 7.14. The summed E-state index contributed by atoms with van der Waals surface area (Å²) in [6, 6.07) is 3.59. The van der Waals surface area contributed by atoms with E-state index >= 15 is 0 Å². The van der Waals surface area contributed by atoms with Gasteiger partial charge in [-0.2, -0.15) is 4.31 Å². The maximum atomic E-state index is 12.5. The molecule has 3 rings (SSSR count). The third-order valence-corrected chi connectivity index (χ3v) is 7.87. The molecule has 5 nitrogen and oxygen atoms in total. The minimum absolute atomic E-state index is 0.222. The van der Waals surface area contributed by atoms with Crippen molar-refractivity contribution in [2.24, 2.45) is 0 Å². The van der Waals surface area contributed by atoms with Crippen LogP contribution in [0.3, 0.4) is 0 Å². The first-order valence-corrected chi connectivity index (χ1v) is 9.78. The number of aliphatic hydroxyl groups is 1. The topological polar surface area (TPSA) is 60.9 Å². The van der Waals surface area contributed by atoms with Gasteiger partial charge < -0.3 is 5.11 Å². The number of sulfonamides is 1. The SMILES string of the molecule is O=S(=O)(c1ccc(Cl)s1)N1CCC(N2CC[C@@H](O)C2)CC1. The summed E-state index contributed by atoms with van der Waals surface area (Å²) in [4.78, 5) is 2.29. The Balaban J connectivity index is 1.63. The predicted octanol–water partition coefficient (Wildman–Crippen LogP) is 1.62. The molecule has 0 spiro atoms. The zero-order chi connectivity index (χ0) is 15.0. The van der Waals surface area contributed by atoms with Crippen molar-refractivity contribution in [1.29, 1.82) is 0 Å². The lowest BCUT2D eigenvalue weighted by Gasteiger charge is -2.35. The van der Waals surface area contributed by atoms with Gasteiger partial charge in [-0.25, -0.2) is 8.42 Å². The molecule has 0 saturated carbocycles. The van der Waals surface area contributed by atoms with Gasteiger partial charge in [-0.15, -0.1) is 11.3 Å². The van der Waals surface area contributed by atoms with Crippen LogP contribution in [-0.4, -0.2) is 61.1 Å². The van der Waals surface area contributed by atoms with Crippen LogP contribution in [0.5, 0.6) is 0 Å². The van der Waals surface area contributed by atoms with Gasteiger partial charge >= 0.3 is 0 Å². The maximum absolute atomic E-state index is 12.5. The standard InChI is InChI=1S/C13H19ClN2O3S2/c14-12-1-2-13(20-12)21(18,19)16-7-3-10(4-8-16)15-6-5-11(17)9-15/h1-2,10-11,17H,3-9H2/t11-/m1/s1. The molecule has 2 fully saturated rings. The van der Waals surface area contributed by atoms with E-state index in [9.17, 15) is 13.5 Å². The van der Waals surface area contributed by atoms with Gasteiger partial charge in [0.1, 0.15) is 4.21 Å². The Labute approximate surface area is 134 Å². The first kappa shape index (κ1) is 15.7. The number of halogens is 1. The van der Waals surface area contributed by atoms with Gasteiger partial charge in [0.05, 0.1) is 10.4 Å². The molecule has 8 heteroatoms. The smallest absolute Gasteiger partial charge is 0.252 e. The summed E-state index contributed by atoms with van der Waals surface area (Å²) in [6.07, 6.45) is 2.25. The van der Waals surface area contributed by atoms with Crippen molar-refractivity contribution in [2.45, 2.75) is 35.6 Å². The maximum Gasteiger partial charge on any atom is 0.252 e. The molecular weight excluding hydrogens is 332 g/mol. The molecule has 0 radical (unpaired) electrons. The summed E-state index contributed by atoms with van der Waals surface area (Å²) >= 11 is 6.94. The van der Waals surface area contributed by atoms with Crippen molar-refractivity contribution < 1.29 is 13.5 Å². The number of aliphatic hydroxyl groups excluding tert-OH is 1. The Hall–Kier alpha value is -0.180. The van der Waals surface area contributed by atoms with E-state index in [0.29, 0.717) is 27.7 Å². The van der Waals surface area contributed by atoms with Crippen LogP contribution in [0.1, 0.15) is 19.3 Å². The van der Waals surface area contributed by atoms with Crippen LogP contribution in [-0.2, 0) is 10.0 Å². The average Bonchev–Trinajstić information content (AvgIpc) is 3.08. The number of thiophene rings is 1. The highest BCUT2D eigenvalue weighted by Gasteiger charge is 2.34. The van der Waals surface area contributed by atoms with Crippen LogP contribution >= 0.6 is 22.9 Å². The summed E-state index contributed by atoms with van der Waals surface area (Å²) < 4.78 is 27.4. The number of piperidine rings is 1. The lowest BCUT2D eigenvalue weighted by molar-refractivity contribution is 0.132. The van der Waals surface area contributed by atoms with E-state index in [4.69, 9.17) is 11.6 Å². The highest BCUT2D eigenvalue weighted by atomic mass is 35.5. The van der Waals surface area contributed by atoms with Crippen LogP contribution in [0.2, 0.25) is 4.34 Å². The number of β-amino-alcohol motifs (C(OH)–C–C–N with tert-alkyl or cyclic N) is 1. The fourth-order valence-corrected chi connectivity index (χ4v) is 6.22. The Morgan fingerprint density at radius 3 is 2.43 bits per heavy atom. The predicted molar refractivity (Wildman–Crippen MR) is 83.3 cm³/mol. The quantitative estimate of drug-likeness (QED) is 0.900. The Bertz CT molecular complexity index is 596.